The van der Waals surface area contributed by atoms with E-state index in [1.807, 2.05) is 0 Å². The van der Waals surface area contributed by atoms with Crippen LogP contribution < -0.4 is 15.0 Å². The molecule has 94 valence electrons. The van der Waals surface area contributed by atoms with Crippen molar-refractivity contribution in [1.82, 2.24) is 9.97 Å². The minimum atomic E-state index is -0.194. The summed E-state index contributed by atoms with van der Waals surface area (Å²) in [5, 5.41) is 0.484. The maximum atomic E-state index is 11.7. The second kappa shape index (κ2) is 4.30. The van der Waals surface area contributed by atoms with Gasteiger partial charge in [0.05, 0.1) is 23.8 Å². The van der Waals surface area contributed by atoms with E-state index >= 15 is 0 Å². The predicted octanol–water partition coefficient (Wildman–Crippen LogP) is 0.709. The molecule has 0 spiro atoms. The molecule has 6 nitrogen and oxygen atoms in total. The topological polar surface area (TPSA) is 73.4 Å². The zero-order valence-electron chi connectivity index (χ0n) is 9.80. The average Bonchev–Trinajstić information content (AvgIpc) is 2.38. The number of aromatic nitrogens is 2. The summed E-state index contributed by atoms with van der Waals surface area (Å²) in [5.41, 5.74) is 0.395. The van der Waals surface area contributed by atoms with Gasteiger partial charge in [0.25, 0.3) is 5.56 Å². The molecule has 18 heavy (non-hydrogen) atoms. The van der Waals surface area contributed by atoms with Crippen LogP contribution in [0, 0.1) is 0 Å². The first-order valence-corrected chi connectivity index (χ1v) is 5.58. The molecule has 0 bridgehead atoms. The lowest BCUT2D eigenvalue weighted by molar-refractivity contribution is 0.0274. The van der Waals surface area contributed by atoms with Crippen molar-refractivity contribution in [2.75, 3.05) is 20.3 Å². The van der Waals surface area contributed by atoms with Crippen LogP contribution in [0.4, 0.5) is 0 Å². The van der Waals surface area contributed by atoms with Crippen LogP contribution in [0.25, 0.3) is 10.9 Å². The van der Waals surface area contributed by atoms with E-state index in [1.165, 1.54) is 6.33 Å². The molecule has 2 aromatic rings. The quantitative estimate of drug-likeness (QED) is 0.847. The van der Waals surface area contributed by atoms with Crippen LogP contribution in [0.3, 0.4) is 0 Å². The van der Waals surface area contributed by atoms with Crippen molar-refractivity contribution >= 4 is 10.9 Å². The van der Waals surface area contributed by atoms with Crippen molar-refractivity contribution in [2.24, 2.45) is 0 Å². The second-order valence-corrected chi connectivity index (χ2v) is 4.05. The summed E-state index contributed by atoms with van der Waals surface area (Å²) in [5.74, 6) is 1.15. The third-order valence-electron chi connectivity index (χ3n) is 2.78. The van der Waals surface area contributed by atoms with Gasteiger partial charge in [-0.15, -0.1) is 0 Å². The number of benzene rings is 1. The summed E-state index contributed by atoms with van der Waals surface area (Å²) in [7, 11) is 1.61. The van der Waals surface area contributed by atoms with Crippen LogP contribution in [0.15, 0.2) is 23.3 Å². The largest absolute Gasteiger partial charge is 0.486 e. The Balaban J connectivity index is 2.07. The molecule has 1 N–H and O–H groups in total. The molecule has 1 aromatic heterocycles. The third-order valence-corrected chi connectivity index (χ3v) is 2.78. The van der Waals surface area contributed by atoms with E-state index in [4.69, 9.17) is 14.2 Å². The van der Waals surface area contributed by atoms with E-state index in [0.29, 0.717) is 35.6 Å². The highest BCUT2D eigenvalue weighted by Crippen LogP contribution is 2.34. The molecule has 0 radical (unpaired) electrons. The van der Waals surface area contributed by atoms with Gasteiger partial charge in [0.2, 0.25) is 0 Å². The molecule has 6 heteroatoms. The molecular weight excluding hydrogens is 236 g/mol. The van der Waals surface area contributed by atoms with Crippen LogP contribution in [0.2, 0.25) is 0 Å². The van der Waals surface area contributed by atoms with E-state index in [1.54, 1.807) is 19.2 Å². The van der Waals surface area contributed by atoms with E-state index in [9.17, 15) is 4.79 Å². The highest BCUT2D eigenvalue weighted by atomic mass is 16.6. The number of ether oxygens (including phenoxy) is 3. The first-order chi connectivity index (χ1) is 8.78. The van der Waals surface area contributed by atoms with Crippen LogP contribution >= 0.6 is 0 Å². The van der Waals surface area contributed by atoms with Gasteiger partial charge in [0, 0.05) is 13.2 Å². The minimum Gasteiger partial charge on any atom is -0.486 e. The van der Waals surface area contributed by atoms with Gasteiger partial charge < -0.3 is 19.2 Å². The Bertz CT molecular complexity index is 638. The zero-order chi connectivity index (χ0) is 12.5. The fourth-order valence-electron chi connectivity index (χ4n) is 1.95. The van der Waals surface area contributed by atoms with Crippen molar-refractivity contribution in [2.45, 2.75) is 6.10 Å². The molecule has 0 aliphatic carbocycles. The molecule has 1 aliphatic heterocycles. The van der Waals surface area contributed by atoms with Gasteiger partial charge in [-0.3, -0.25) is 4.79 Å². The van der Waals surface area contributed by atoms with Gasteiger partial charge >= 0.3 is 0 Å². The van der Waals surface area contributed by atoms with Gasteiger partial charge in [0.15, 0.2) is 17.6 Å². The molecule has 1 aromatic carbocycles. The van der Waals surface area contributed by atoms with Crippen LogP contribution in [0.1, 0.15) is 0 Å². The zero-order valence-corrected chi connectivity index (χ0v) is 9.80. The highest BCUT2D eigenvalue weighted by molar-refractivity contribution is 5.81. The Kier molecular flexibility index (Phi) is 2.64. The van der Waals surface area contributed by atoms with Gasteiger partial charge in [-0.05, 0) is 6.07 Å². The monoisotopic (exact) mass is 248 g/mol. The Morgan fingerprint density at radius 2 is 2.39 bits per heavy atom. The van der Waals surface area contributed by atoms with Crippen molar-refractivity contribution < 1.29 is 14.2 Å². The van der Waals surface area contributed by atoms with E-state index < -0.39 is 0 Å². The number of fused-ring (bicyclic) bond motifs is 2. The number of hydrogen-bond donors (Lipinski definition) is 1. The molecule has 0 amide bonds. The van der Waals surface area contributed by atoms with Gasteiger partial charge in [-0.25, -0.2) is 4.98 Å². The lowest BCUT2D eigenvalue weighted by Gasteiger charge is -2.26. The fourth-order valence-corrected chi connectivity index (χ4v) is 1.95. The summed E-state index contributed by atoms with van der Waals surface area (Å²) in [6.07, 6.45) is 1.21. The number of hydrogen-bond acceptors (Lipinski definition) is 5. The molecule has 0 saturated heterocycles. The van der Waals surface area contributed by atoms with Crippen molar-refractivity contribution in [3.8, 4) is 11.5 Å². The van der Waals surface area contributed by atoms with Crippen molar-refractivity contribution in [3.63, 3.8) is 0 Å². The number of rotatable bonds is 2. The Morgan fingerprint density at radius 3 is 3.22 bits per heavy atom. The summed E-state index contributed by atoms with van der Waals surface area (Å²) in [4.78, 5) is 18.3. The van der Waals surface area contributed by atoms with Gasteiger partial charge in [-0.2, -0.15) is 0 Å². The molecule has 1 atom stereocenters. The maximum Gasteiger partial charge on any atom is 0.258 e. The smallest absolute Gasteiger partial charge is 0.258 e. The SMILES string of the molecule is COCC1COc2cc3nc[nH]c(=O)c3cc2O1. The fraction of sp³-hybridized carbons (Fsp3) is 0.333. The molecule has 0 saturated carbocycles. The van der Waals surface area contributed by atoms with Crippen LogP contribution in [-0.4, -0.2) is 36.4 Å². The van der Waals surface area contributed by atoms with Crippen LogP contribution in [-0.2, 0) is 4.74 Å². The van der Waals surface area contributed by atoms with Gasteiger partial charge in [-0.1, -0.05) is 0 Å². The first kappa shape index (κ1) is 11.0. The number of nitrogens with zero attached hydrogens (tertiary/aromatic N) is 1. The number of methoxy groups -OCH3 is 1. The van der Waals surface area contributed by atoms with E-state index in [-0.39, 0.29) is 11.7 Å². The summed E-state index contributed by atoms with van der Waals surface area (Å²) < 4.78 is 16.3. The standard InChI is InChI=1S/C12H12N2O4/c1-16-4-7-5-17-10-3-9-8(2-11(10)18-7)12(15)14-6-13-9/h2-3,6-7H,4-5H2,1H3,(H,13,14,15). The molecule has 0 fully saturated rings. The van der Waals surface area contributed by atoms with Crippen molar-refractivity contribution in [3.05, 3.63) is 28.8 Å². The number of nitrogens with one attached hydrogen (secondary N) is 1. The van der Waals surface area contributed by atoms with E-state index in [2.05, 4.69) is 9.97 Å². The number of H-pyrrole nitrogens is 1. The Hall–Kier alpha value is -2.08. The van der Waals surface area contributed by atoms with Crippen molar-refractivity contribution in [1.29, 1.82) is 0 Å². The lowest BCUT2D eigenvalue weighted by Crippen LogP contribution is -2.33. The number of aromatic amines is 1. The van der Waals surface area contributed by atoms with E-state index in [0.717, 1.165) is 0 Å². The minimum absolute atomic E-state index is 0.157. The maximum absolute atomic E-state index is 11.7. The first-order valence-electron chi connectivity index (χ1n) is 5.58. The average molecular weight is 248 g/mol. The molecule has 1 aliphatic rings. The third kappa shape index (κ3) is 1.80. The molecular formula is C12H12N2O4. The summed E-state index contributed by atoms with van der Waals surface area (Å²) in [6.45, 7) is 0.871. The Labute approximate surface area is 103 Å². The summed E-state index contributed by atoms with van der Waals surface area (Å²) >= 11 is 0. The molecule has 2 heterocycles. The molecule has 1 unspecified atom stereocenters. The highest BCUT2D eigenvalue weighted by Gasteiger charge is 2.22. The summed E-state index contributed by atoms with van der Waals surface area (Å²) in [6, 6.07) is 3.36. The second-order valence-electron chi connectivity index (χ2n) is 4.05. The predicted molar refractivity (Wildman–Crippen MR) is 64.2 cm³/mol. The van der Waals surface area contributed by atoms with Gasteiger partial charge in [0.1, 0.15) is 6.61 Å². The van der Waals surface area contributed by atoms with Crippen LogP contribution in [0.5, 0.6) is 11.5 Å². The lowest BCUT2D eigenvalue weighted by atomic mass is 10.2. The Morgan fingerprint density at radius 1 is 1.50 bits per heavy atom. The normalized spacial score (nSPS) is 17.9. The molecule has 3 rings (SSSR count).